The summed E-state index contributed by atoms with van der Waals surface area (Å²) in [6, 6.07) is 9.46. The van der Waals surface area contributed by atoms with E-state index in [0.717, 1.165) is 36.5 Å². The topological polar surface area (TPSA) is 58.2 Å². The van der Waals surface area contributed by atoms with Crippen LogP contribution in [0.15, 0.2) is 30.3 Å². The quantitative estimate of drug-likeness (QED) is 0.948. The van der Waals surface area contributed by atoms with Crippen molar-refractivity contribution < 1.29 is 9.53 Å². The Morgan fingerprint density at radius 3 is 2.86 bits per heavy atom. The lowest BCUT2D eigenvalue weighted by atomic mass is 9.93. The van der Waals surface area contributed by atoms with E-state index in [1.165, 1.54) is 0 Å². The number of rotatable bonds is 3. The fraction of sp³-hybridized carbons (Fsp3) is 0.412. The Balaban J connectivity index is 1.80. The summed E-state index contributed by atoms with van der Waals surface area (Å²) in [5.41, 5.74) is 2.42. The van der Waals surface area contributed by atoms with Crippen molar-refractivity contribution in [3.63, 3.8) is 0 Å². The molecule has 1 aromatic carbocycles. The van der Waals surface area contributed by atoms with Gasteiger partial charge in [-0.1, -0.05) is 26.0 Å². The fourth-order valence-electron chi connectivity index (χ4n) is 2.82. The molecule has 22 heavy (non-hydrogen) atoms. The van der Waals surface area contributed by atoms with Crippen LogP contribution in [-0.2, 0) is 0 Å². The number of H-pyrrole nitrogens is 1. The van der Waals surface area contributed by atoms with Gasteiger partial charge in [0.1, 0.15) is 11.4 Å². The molecule has 2 aromatic rings. The highest BCUT2D eigenvalue weighted by atomic mass is 16.5. The van der Waals surface area contributed by atoms with E-state index in [1.807, 2.05) is 35.2 Å². The number of ether oxygens (including phenoxy) is 1. The molecule has 0 aliphatic carbocycles. The Morgan fingerprint density at radius 2 is 2.18 bits per heavy atom. The third kappa shape index (κ3) is 2.84. The fourth-order valence-corrected chi connectivity index (χ4v) is 2.82. The minimum atomic E-state index is 0.0206. The van der Waals surface area contributed by atoms with Crippen molar-refractivity contribution in [1.82, 2.24) is 15.1 Å². The van der Waals surface area contributed by atoms with Gasteiger partial charge in [-0.25, -0.2) is 0 Å². The minimum absolute atomic E-state index is 0.0206. The van der Waals surface area contributed by atoms with E-state index in [0.29, 0.717) is 5.69 Å². The second-order valence-electron chi connectivity index (χ2n) is 6.54. The number of amides is 1. The van der Waals surface area contributed by atoms with Crippen LogP contribution in [0.5, 0.6) is 5.75 Å². The Hall–Kier alpha value is -2.30. The first-order valence-electron chi connectivity index (χ1n) is 7.48. The summed E-state index contributed by atoms with van der Waals surface area (Å²) in [7, 11) is 1.63. The predicted octanol–water partition coefficient (Wildman–Crippen LogP) is 2.96. The molecule has 116 valence electrons. The van der Waals surface area contributed by atoms with E-state index in [1.54, 1.807) is 7.11 Å². The van der Waals surface area contributed by atoms with Crippen LogP contribution >= 0.6 is 0 Å². The smallest absolute Gasteiger partial charge is 0.271 e. The average Bonchev–Trinajstić information content (AvgIpc) is 3.13. The normalized spacial score (nSPS) is 16.8. The molecule has 0 saturated carbocycles. The molecule has 0 bridgehead atoms. The first kappa shape index (κ1) is 14.6. The molecule has 1 saturated heterocycles. The molecule has 1 amide bonds. The monoisotopic (exact) mass is 299 g/mol. The van der Waals surface area contributed by atoms with Gasteiger partial charge in [0.25, 0.3) is 5.91 Å². The second kappa shape index (κ2) is 5.48. The molecule has 5 heteroatoms. The van der Waals surface area contributed by atoms with Crippen LogP contribution in [0.25, 0.3) is 11.3 Å². The van der Waals surface area contributed by atoms with E-state index < -0.39 is 0 Å². The second-order valence-corrected chi connectivity index (χ2v) is 6.54. The summed E-state index contributed by atoms with van der Waals surface area (Å²) in [5.74, 6) is 0.793. The van der Waals surface area contributed by atoms with Crippen molar-refractivity contribution >= 4 is 5.91 Å². The van der Waals surface area contributed by atoms with E-state index in [4.69, 9.17) is 4.74 Å². The minimum Gasteiger partial charge on any atom is -0.497 e. The van der Waals surface area contributed by atoms with Crippen molar-refractivity contribution in [2.45, 2.75) is 20.3 Å². The molecule has 1 aliphatic rings. The Labute approximate surface area is 130 Å². The van der Waals surface area contributed by atoms with Gasteiger partial charge in [-0.05, 0) is 30.0 Å². The third-order valence-corrected chi connectivity index (χ3v) is 4.14. The highest BCUT2D eigenvalue weighted by Crippen LogP contribution is 2.30. The Morgan fingerprint density at radius 1 is 1.36 bits per heavy atom. The zero-order valence-corrected chi connectivity index (χ0v) is 13.2. The molecular formula is C17H21N3O2. The molecular weight excluding hydrogens is 278 g/mol. The summed E-state index contributed by atoms with van der Waals surface area (Å²) < 4.78 is 5.22. The predicted molar refractivity (Wildman–Crippen MR) is 84.9 cm³/mol. The van der Waals surface area contributed by atoms with Crippen LogP contribution in [0.3, 0.4) is 0 Å². The van der Waals surface area contributed by atoms with Crippen molar-refractivity contribution in [2.75, 3.05) is 20.2 Å². The van der Waals surface area contributed by atoms with E-state index in [2.05, 4.69) is 24.0 Å². The number of likely N-dealkylation sites (tertiary alicyclic amines) is 1. The molecule has 0 radical (unpaired) electrons. The molecule has 0 atom stereocenters. The van der Waals surface area contributed by atoms with Gasteiger partial charge in [-0.15, -0.1) is 0 Å². The van der Waals surface area contributed by atoms with Gasteiger partial charge >= 0.3 is 0 Å². The van der Waals surface area contributed by atoms with Crippen LogP contribution in [-0.4, -0.2) is 41.2 Å². The number of aromatic amines is 1. The van der Waals surface area contributed by atoms with Crippen molar-refractivity contribution in [2.24, 2.45) is 5.41 Å². The van der Waals surface area contributed by atoms with Crippen LogP contribution in [0.4, 0.5) is 0 Å². The number of carbonyl (C=O) groups is 1. The van der Waals surface area contributed by atoms with Gasteiger partial charge in [0, 0.05) is 18.7 Å². The number of carbonyl (C=O) groups excluding carboxylic acids is 1. The maximum Gasteiger partial charge on any atom is 0.271 e. The highest BCUT2D eigenvalue weighted by molar-refractivity contribution is 5.93. The first-order chi connectivity index (χ1) is 10.5. The lowest BCUT2D eigenvalue weighted by Crippen LogP contribution is -2.30. The highest BCUT2D eigenvalue weighted by Gasteiger charge is 2.33. The zero-order valence-electron chi connectivity index (χ0n) is 13.2. The average molecular weight is 299 g/mol. The molecule has 3 rings (SSSR count). The van der Waals surface area contributed by atoms with Crippen LogP contribution in [0.1, 0.15) is 30.8 Å². The molecule has 1 aromatic heterocycles. The summed E-state index contributed by atoms with van der Waals surface area (Å²) in [4.78, 5) is 14.4. The Bertz CT molecular complexity index is 691. The number of nitrogens with one attached hydrogen (secondary N) is 1. The van der Waals surface area contributed by atoms with Crippen LogP contribution in [0.2, 0.25) is 0 Å². The number of benzene rings is 1. The first-order valence-corrected chi connectivity index (χ1v) is 7.48. The summed E-state index contributed by atoms with van der Waals surface area (Å²) >= 11 is 0. The number of methoxy groups -OCH3 is 1. The lowest BCUT2D eigenvalue weighted by Gasteiger charge is -2.18. The summed E-state index contributed by atoms with van der Waals surface area (Å²) in [6.07, 6.45) is 1.04. The molecule has 1 fully saturated rings. The Kier molecular flexibility index (Phi) is 3.64. The molecule has 2 heterocycles. The van der Waals surface area contributed by atoms with Gasteiger partial charge in [0.2, 0.25) is 0 Å². The van der Waals surface area contributed by atoms with Crippen LogP contribution < -0.4 is 4.74 Å². The van der Waals surface area contributed by atoms with Crippen molar-refractivity contribution in [3.8, 4) is 17.0 Å². The number of hydrogen-bond donors (Lipinski definition) is 1. The molecule has 1 aliphatic heterocycles. The molecule has 1 N–H and O–H groups in total. The maximum absolute atomic E-state index is 12.5. The summed E-state index contributed by atoms with van der Waals surface area (Å²) in [5, 5.41) is 7.13. The molecule has 0 spiro atoms. The van der Waals surface area contributed by atoms with E-state index in [-0.39, 0.29) is 11.3 Å². The van der Waals surface area contributed by atoms with Crippen LogP contribution in [0, 0.1) is 5.41 Å². The number of aromatic nitrogens is 2. The largest absolute Gasteiger partial charge is 0.497 e. The SMILES string of the molecule is COc1cccc(-c2cc(C(=O)N3CCC(C)(C)C3)[nH]n2)c1. The van der Waals surface area contributed by atoms with E-state index >= 15 is 0 Å². The maximum atomic E-state index is 12.5. The third-order valence-electron chi connectivity index (χ3n) is 4.14. The summed E-state index contributed by atoms with van der Waals surface area (Å²) in [6.45, 7) is 5.97. The molecule has 5 nitrogen and oxygen atoms in total. The van der Waals surface area contributed by atoms with Crippen molar-refractivity contribution in [3.05, 3.63) is 36.0 Å². The van der Waals surface area contributed by atoms with Gasteiger partial charge in [0.05, 0.1) is 12.8 Å². The van der Waals surface area contributed by atoms with Gasteiger partial charge < -0.3 is 9.64 Å². The van der Waals surface area contributed by atoms with E-state index in [9.17, 15) is 4.79 Å². The molecule has 0 unspecified atom stereocenters. The number of hydrogen-bond acceptors (Lipinski definition) is 3. The van der Waals surface area contributed by atoms with Gasteiger partial charge in [0.15, 0.2) is 0 Å². The standard InChI is InChI=1S/C17H21N3O2/c1-17(2)7-8-20(11-17)16(21)15-10-14(18-19-15)12-5-4-6-13(9-12)22-3/h4-6,9-10H,7-8,11H2,1-3H3,(H,18,19). The van der Waals surface area contributed by atoms with Gasteiger partial charge in [-0.2, -0.15) is 5.10 Å². The lowest BCUT2D eigenvalue weighted by molar-refractivity contribution is 0.0772. The van der Waals surface area contributed by atoms with Gasteiger partial charge in [-0.3, -0.25) is 9.89 Å². The van der Waals surface area contributed by atoms with Crippen molar-refractivity contribution in [1.29, 1.82) is 0 Å². The zero-order chi connectivity index (χ0) is 15.7. The number of nitrogens with zero attached hydrogens (tertiary/aromatic N) is 2.